The van der Waals surface area contributed by atoms with Gasteiger partial charge in [-0.2, -0.15) is 0 Å². The highest BCUT2D eigenvalue weighted by molar-refractivity contribution is 5.88. The lowest BCUT2D eigenvalue weighted by molar-refractivity contribution is -0.141. The minimum Gasteiger partial charge on any atom is -0.385 e. The van der Waals surface area contributed by atoms with Crippen LogP contribution in [0, 0.1) is 0 Å². The molecule has 1 N–H and O–H groups in total. The summed E-state index contributed by atoms with van der Waals surface area (Å²) in [6.45, 7) is 3.30. The highest BCUT2D eigenvalue weighted by Crippen LogP contribution is 2.24. The molecular weight excluding hydrogens is 340 g/mol. The standard InChI is InChI=1S/C22H28N2O3/c1-3-20(25)24(17-18-11-6-4-7-12-18)21(19-13-8-5-9-14-19)22(26)23-15-10-16-27-2/h4-9,11-14,21H,3,10,15-17H2,1-2H3,(H,23,26)/t21-/m1/s1. The zero-order valence-electron chi connectivity index (χ0n) is 16.1. The van der Waals surface area contributed by atoms with Crippen molar-refractivity contribution in [2.24, 2.45) is 0 Å². The molecule has 0 aliphatic rings. The van der Waals surface area contributed by atoms with Crippen LogP contribution in [0.5, 0.6) is 0 Å². The third kappa shape index (κ3) is 6.22. The van der Waals surface area contributed by atoms with E-state index in [0.717, 1.165) is 17.5 Å². The van der Waals surface area contributed by atoms with Gasteiger partial charge in [-0.15, -0.1) is 0 Å². The molecule has 2 aromatic carbocycles. The molecule has 0 unspecified atom stereocenters. The normalized spacial score (nSPS) is 11.6. The number of hydrogen-bond acceptors (Lipinski definition) is 3. The van der Waals surface area contributed by atoms with Crippen LogP contribution in [0.2, 0.25) is 0 Å². The molecule has 0 aliphatic heterocycles. The predicted octanol–water partition coefficient (Wildman–Crippen LogP) is 3.32. The number of nitrogens with one attached hydrogen (secondary N) is 1. The first-order valence-corrected chi connectivity index (χ1v) is 9.32. The Morgan fingerprint density at radius 1 is 1.04 bits per heavy atom. The number of amides is 2. The van der Waals surface area contributed by atoms with Gasteiger partial charge in [0.15, 0.2) is 0 Å². The number of carbonyl (C=O) groups is 2. The molecule has 5 heteroatoms. The van der Waals surface area contributed by atoms with Gasteiger partial charge in [-0.05, 0) is 17.5 Å². The van der Waals surface area contributed by atoms with Crippen LogP contribution in [0.4, 0.5) is 0 Å². The van der Waals surface area contributed by atoms with E-state index < -0.39 is 6.04 Å². The first-order chi connectivity index (χ1) is 13.2. The van der Waals surface area contributed by atoms with Crippen molar-refractivity contribution >= 4 is 11.8 Å². The maximum absolute atomic E-state index is 13.0. The number of rotatable bonds is 10. The Morgan fingerprint density at radius 2 is 1.67 bits per heavy atom. The second kappa shape index (κ2) is 11.1. The van der Waals surface area contributed by atoms with Crippen LogP contribution < -0.4 is 5.32 Å². The minimum atomic E-state index is -0.665. The van der Waals surface area contributed by atoms with Crippen LogP contribution in [0.25, 0.3) is 0 Å². The van der Waals surface area contributed by atoms with E-state index in [1.807, 2.05) is 67.6 Å². The molecule has 0 spiro atoms. The monoisotopic (exact) mass is 368 g/mol. The third-order valence-electron chi connectivity index (χ3n) is 4.32. The van der Waals surface area contributed by atoms with Gasteiger partial charge in [-0.25, -0.2) is 0 Å². The number of hydrogen-bond donors (Lipinski definition) is 1. The molecule has 0 saturated heterocycles. The van der Waals surface area contributed by atoms with Crippen molar-refractivity contribution in [3.63, 3.8) is 0 Å². The van der Waals surface area contributed by atoms with Crippen molar-refractivity contribution in [1.29, 1.82) is 0 Å². The highest BCUT2D eigenvalue weighted by atomic mass is 16.5. The minimum absolute atomic E-state index is 0.0558. The van der Waals surface area contributed by atoms with Crippen LogP contribution in [0.3, 0.4) is 0 Å². The SMILES string of the molecule is CCC(=O)N(Cc1ccccc1)[C@@H](C(=O)NCCCOC)c1ccccc1. The summed E-state index contributed by atoms with van der Waals surface area (Å²) >= 11 is 0. The topological polar surface area (TPSA) is 58.6 Å². The number of carbonyl (C=O) groups excluding carboxylic acids is 2. The van der Waals surface area contributed by atoms with Gasteiger partial charge in [0.25, 0.3) is 0 Å². The maximum atomic E-state index is 13.0. The molecular formula is C22H28N2O3. The average Bonchev–Trinajstić information content (AvgIpc) is 2.71. The molecule has 0 aromatic heterocycles. The van der Waals surface area contributed by atoms with E-state index in [9.17, 15) is 9.59 Å². The molecule has 0 saturated carbocycles. The largest absolute Gasteiger partial charge is 0.385 e. The molecule has 0 bridgehead atoms. The van der Waals surface area contributed by atoms with E-state index in [4.69, 9.17) is 4.74 Å². The van der Waals surface area contributed by atoms with Crippen molar-refractivity contribution in [3.8, 4) is 0 Å². The summed E-state index contributed by atoms with van der Waals surface area (Å²) in [6, 6.07) is 18.5. The summed E-state index contributed by atoms with van der Waals surface area (Å²) < 4.78 is 5.04. The van der Waals surface area contributed by atoms with Crippen LogP contribution in [0.1, 0.15) is 36.9 Å². The van der Waals surface area contributed by atoms with Crippen molar-refractivity contribution in [2.45, 2.75) is 32.4 Å². The Hall–Kier alpha value is -2.66. The highest BCUT2D eigenvalue weighted by Gasteiger charge is 2.30. The van der Waals surface area contributed by atoms with E-state index in [1.165, 1.54) is 0 Å². The summed E-state index contributed by atoms with van der Waals surface area (Å²) in [6.07, 6.45) is 1.07. The van der Waals surface area contributed by atoms with Crippen LogP contribution in [-0.2, 0) is 20.9 Å². The quantitative estimate of drug-likeness (QED) is 0.655. The van der Waals surface area contributed by atoms with E-state index >= 15 is 0 Å². The first kappa shape index (κ1) is 20.6. The summed E-state index contributed by atoms with van der Waals surface area (Å²) in [7, 11) is 1.64. The lowest BCUT2D eigenvalue weighted by Gasteiger charge is -2.31. The summed E-state index contributed by atoms with van der Waals surface area (Å²) in [5.41, 5.74) is 1.80. The summed E-state index contributed by atoms with van der Waals surface area (Å²) in [5.74, 6) is -0.227. The van der Waals surface area contributed by atoms with Gasteiger partial charge in [0.05, 0.1) is 0 Å². The number of ether oxygens (including phenoxy) is 1. The van der Waals surface area contributed by atoms with Crippen LogP contribution >= 0.6 is 0 Å². The van der Waals surface area contributed by atoms with Gasteiger partial charge in [-0.3, -0.25) is 9.59 Å². The molecule has 0 aliphatic carbocycles. The fraction of sp³-hybridized carbons (Fsp3) is 0.364. The second-order valence-electron chi connectivity index (χ2n) is 6.31. The maximum Gasteiger partial charge on any atom is 0.247 e. The molecule has 2 amide bonds. The fourth-order valence-corrected chi connectivity index (χ4v) is 2.94. The summed E-state index contributed by atoms with van der Waals surface area (Å²) in [5, 5.41) is 2.95. The average molecular weight is 368 g/mol. The lowest BCUT2D eigenvalue weighted by atomic mass is 10.0. The van der Waals surface area contributed by atoms with E-state index in [0.29, 0.717) is 26.1 Å². The zero-order chi connectivity index (χ0) is 19.5. The Bertz CT molecular complexity index is 704. The predicted molar refractivity (Wildman–Crippen MR) is 106 cm³/mol. The smallest absolute Gasteiger partial charge is 0.247 e. The van der Waals surface area contributed by atoms with Gasteiger partial charge in [0.1, 0.15) is 6.04 Å². The molecule has 0 heterocycles. The van der Waals surface area contributed by atoms with Crippen molar-refractivity contribution in [2.75, 3.05) is 20.3 Å². The van der Waals surface area contributed by atoms with Crippen molar-refractivity contribution in [1.82, 2.24) is 10.2 Å². The number of benzene rings is 2. The second-order valence-corrected chi connectivity index (χ2v) is 6.31. The lowest BCUT2D eigenvalue weighted by Crippen LogP contribution is -2.43. The molecule has 0 radical (unpaired) electrons. The molecule has 1 atom stereocenters. The van der Waals surface area contributed by atoms with Gasteiger partial charge in [0.2, 0.25) is 11.8 Å². The van der Waals surface area contributed by atoms with E-state index in [2.05, 4.69) is 5.32 Å². The fourth-order valence-electron chi connectivity index (χ4n) is 2.94. The first-order valence-electron chi connectivity index (χ1n) is 9.32. The number of nitrogens with zero attached hydrogens (tertiary/aromatic N) is 1. The van der Waals surface area contributed by atoms with Gasteiger partial charge >= 0.3 is 0 Å². The number of methoxy groups -OCH3 is 1. The molecule has 5 nitrogen and oxygen atoms in total. The Morgan fingerprint density at radius 3 is 2.26 bits per heavy atom. The molecule has 2 rings (SSSR count). The van der Waals surface area contributed by atoms with E-state index in [-0.39, 0.29) is 11.8 Å². The third-order valence-corrected chi connectivity index (χ3v) is 4.32. The molecule has 27 heavy (non-hydrogen) atoms. The molecule has 144 valence electrons. The van der Waals surface area contributed by atoms with E-state index in [1.54, 1.807) is 12.0 Å². The van der Waals surface area contributed by atoms with Gasteiger partial charge < -0.3 is 15.0 Å². The Kier molecular flexibility index (Phi) is 8.52. The van der Waals surface area contributed by atoms with Gasteiger partial charge in [0, 0.05) is 33.2 Å². The van der Waals surface area contributed by atoms with Crippen molar-refractivity contribution in [3.05, 3.63) is 71.8 Å². The van der Waals surface area contributed by atoms with Crippen LogP contribution in [-0.4, -0.2) is 37.0 Å². The van der Waals surface area contributed by atoms with Crippen molar-refractivity contribution < 1.29 is 14.3 Å². The Balaban J connectivity index is 2.29. The molecule has 2 aromatic rings. The zero-order valence-corrected chi connectivity index (χ0v) is 16.1. The van der Waals surface area contributed by atoms with Gasteiger partial charge in [-0.1, -0.05) is 67.6 Å². The molecule has 0 fully saturated rings. The summed E-state index contributed by atoms with van der Waals surface area (Å²) in [4.78, 5) is 27.4. The Labute approximate surface area is 161 Å². The van der Waals surface area contributed by atoms with Crippen LogP contribution in [0.15, 0.2) is 60.7 Å².